The summed E-state index contributed by atoms with van der Waals surface area (Å²) in [5, 5.41) is 0. The molecule has 0 bridgehead atoms. The monoisotopic (exact) mass is 185 g/mol. The van der Waals surface area contributed by atoms with E-state index in [2.05, 4.69) is 9.89 Å². The molecule has 0 aromatic carbocycles. The summed E-state index contributed by atoms with van der Waals surface area (Å²) >= 11 is 0. The van der Waals surface area contributed by atoms with Crippen molar-refractivity contribution in [1.29, 1.82) is 0 Å². The lowest BCUT2D eigenvalue weighted by Crippen LogP contribution is -2.42. The van der Waals surface area contributed by atoms with Crippen LogP contribution in [0.15, 0.2) is 4.99 Å². The summed E-state index contributed by atoms with van der Waals surface area (Å²) in [6, 6.07) is 0.332. The van der Waals surface area contributed by atoms with Crippen LogP contribution in [0.2, 0.25) is 0 Å². The number of hydrogen-bond donors (Lipinski definition) is 1. The van der Waals surface area contributed by atoms with E-state index in [4.69, 9.17) is 15.2 Å². The molecule has 0 aliphatic carbocycles. The van der Waals surface area contributed by atoms with Gasteiger partial charge in [-0.2, -0.15) is 0 Å². The Kier molecular flexibility index (Phi) is 2.65. The molecule has 5 heteroatoms. The molecule has 2 aliphatic rings. The zero-order chi connectivity index (χ0) is 9.10. The van der Waals surface area contributed by atoms with Crippen LogP contribution in [0.5, 0.6) is 0 Å². The molecule has 1 fully saturated rings. The SMILES string of the molecule is NC1=NCC(CN2CCOCC2)O1. The Bertz CT molecular complexity index is 202. The fourth-order valence-electron chi connectivity index (χ4n) is 1.60. The summed E-state index contributed by atoms with van der Waals surface area (Å²) in [5.41, 5.74) is 5.41. The zero-order valence-corrected chi connectivity index (χ0v) is 7.61. The van der Waals surface area contributed by atoms with Crippen molar-refractivity contribution in [3.8, 4) is 0 Å². The standard InChI is InChI=1S/C8H15N3O2/c9-8-10-5-7(13-8)6-11-1-3-12-4-2-11/h7H,1-6H2,(H2,9,10). The molecule has 0 spiro atoms. The number of ether oxygens (including phenoxy) is 2. The minimum absolute atomic E-state index is 0.151. The van der Waals surface area contributed by atoms with Crippen LogP contribution in [0.4, 0.5) is 0 Å². The first-order valence-electron chi connectivity index (χ1n) is 4.61. The van der Waals surface area contributed by atoms with Crippen LogP contribution in [0.1, 0.15) is 0 Å². The minimum Gasteiger partial charge on any atom is -0.459 e. The van der Waals surface area contributed by atoms with Crippen LogP contribution in [0, 0.1) is 0 Å². The highest BCUT2D eigenvalue weighted by Gasteiger charge is 2.21. The van der Waals surface area contributed by atoms with Gasteiger partial charge in [-0.3, -0.25) is 4.90 Å². The number of rotatable bonds is 2. The van der Waals surface area contributed by atoms with E-state index in [1.165, 1.54) is 0 Å². The average molecular weight is 185 g/mol. The van der Waals surface area contributed by atoms with Crippen LogP contribution in [-0.2, 0) is 9.47 Å². The molecule has 2 heterocycles. The third-order valence-corrected chi connectivity index (χ3v) is 2.30. The molecule has 5 nitrogen and oxygen atoms in total. The minimum atomic E-state index is 0.151. The Morgan fingerprint density at radius 2 is 2.23 bits per heavy atom. The molecule has 0 aromatic heterocycles. The normalized spacial score (nSPS) is 29.8. The Balaban J connectivity index is 1.72. The maximum Gasteiger partial charge on any atom is 0.282 e. The molecule has 2 rings (SSSR count). The molecule has 2 N–H and O–H groups in total. The third kappa shape index (κ3) is 2.32. The molecule has 0 radical (unpaired) electrons. The second kappa shape index (κ2) is 3.93. The maximum absolute atomic E-state index is 5.41. The molecule has 2 aliphatic heterocycles. The highest BCUT2D eigenvalue weighted by Crippen LogP contribution is 2.06. The first kappa shape index (κ1) is 8.77. The quantitative estimate of drug-likeness (QED) is 0.601. The van der Waals surface area contributed by atoms with E-state index in [0.29, 0.717) is 12.6 Å². The second-order valence-corrected chi connectivity index (χ2v) is 3.33. The Morgan fingerprint density at radius 1 is 1.46 bits per heavy atom. The van der Waals surface area contributed by atoms with Gasteiger partial charge in [-0.25, -0.2) is 4.99 Å². The molecular weight excluding hydrogens is 170 g/mol. The molecule has 1 saturated heterocycles. The van der Waals surface area contributed by atoms with Gasteiger partial charge in [0.05, 0.1) is 19.8 Å². The Hall–Kier alpha value is -0.810. The lowest BCUT2D eigenvalue weighted by atomic mass is 10.3. The van der Waals surface area contributed by atoms with Crippen LogP contribution in [0.3, 0.4) is 0 Å². The van der Waals surface area contributed by atoms with Crippen LogP contribution in [0.25, 0.3) is 0 Å². The topological polar surface area (TPSA) is 60.1 Å². The lowest BCUT2D eigenvalue weighted by molar-refractivity contribution is 0.0214. The maximum atomic E-state index is 5.41. The van der Waals surface area contributed by atoms with E-state index in [-0.39, 0.29) is 6.10 Å². The number of nitrogens with zero attached hydrogens (tertiary/aromatic N) is 2. The second-order valence-electron chi connectivity index (χ2n) is 3.33. The van der Waals surface area contributed by atoms with Gasteiger partial charge in [0.1, 0.15) is 6.10 Å². The number of aliphatic imine (C=N–C) groups is 1. The van der Waals surface area contributed by atoms with Crippen molar-refractivity contribution < 1.29 is 9.47 Å². The highest BCUT2D eigenvalue weighted by molar-refractivity contribution is 5.73. The molecule has 1 unspecified atom stereocenters. The van der Waals surface area contributed by atoms with Gasteiger partial charge in [-0.15, -0.1) is 0 Å². The van der Waals surface area contributed by atoms with Crippen molar-refractivity contribution in [2.24, 2.45) is 10.7 Å². The van der Waals surface area contributed by atoms with Crippen LogP contribution >= 0.6 is 0 Å². The van der Waals surface area contributed by atoms with E-state index in [9.17, 15) is 0 Å². The summed E-state index contributed by atoms with van der Waals surface area (Å²) < 4.78 is 10.6. The molecule has 13 heavy (non-hydrogen) atoms. The van der Waals surface area contributed by atoms with Crippen molar-refractivity contribution in [2.45, 2.75) is 6.10 Å². The predicted molar refractivity (Wildman–Crippen MR) is 48.6 cm³/mol. The Labute approximate surface area is 77.5 Å². The molecule has 0 amide bonds. The van der Waals surface area contributed by atoms with Gasteiger partial charge in [-0.05, 0) is 0 Å². The summed E-state index contributed by atoms with van der Waals surface area (Å²) in [6.45, 7) is 5.22. The van der Waals surface area contributed by atoms with E-state index < -0.39 is 0 Å². The van der Waals surface area contributed by atoms with Crippen molar-refractivity contribution in [3.05, 3.63) is 0 Å². The van der Waals surface area contributed by atoms with Gasteiger partial charge in [0.2, 0.25) is 0 Å². The molecule has 0 saturated carbocycles. The smallest absolute Gasteiger partial charge is 0.282 e. The predicted octanol–water partition coefficient (Wildman–Crippen LogP) is -0.968. The van der Waals surface area contributed by atoms with E-state index in [0.717, 1.165) is 32.8 Å². The first-order valence-corrected chi connectivity index (χ1v) is 4.61. The number of nitrogens with two attached hydrogens (primary N) is 1. The summed E-state index contributed by atoms with van der Waals surface area (Å²) in [4.78, 5) is 6.32. The highest BCUT2D eigenvalue weighted by atomic mass is 16.5. The molecule has 0 aromatic rings. The average Bonchev–Trinajstić information content (AvgIpc) is 2.53. The summed E-state index contributed by atoms with van der Waals surface area (Å²) in [7, 11) is 0. The van der Waals surface area contributed by atoms with Crippen LogP contribution < -0.4 is 5.73 Å². The van der Waals surface area contributed by atoms with E-state index in [1.54, 1.807) is 0 Å². The van der Waals surface area contributed by atoms with Crippen molar-refractivity contribution in [3.63, 3.8) is 0 Å². The summed E-state index contributed by atoms with van der Waals surface area (Å²) in [5.74, 6) is 0. The molecule has 74 valence electrons. The van der Waals surface area contributed by atoms with Gasteiger partial charge in [0, 0.05) is 19.6 Å². The fourth-order valence-corrected chi connectivity index (χ4v) is 1.60. The zero-order valence-electron chi connectivity index (χ0n) is 7.61. The third-order valence-electron chi connectivity index (χ3n) is 2.30. The summed E-state index contributed by atoms with van der Waals surface area (Å²) in [6.07, 6.45) is 0.151. The molecular formula is C8H15N3O2. The number of amidine groups is 1. The van der Waals surface area contributed by atoms with Gasteiger partial charge in [0.25, 0.3) is 6.02 Å². The van der Waals surface area contributed by atoms with E-state index >= 15 is 0 Å². The van der Waals surface area contributed by atoms with Gasteiger partial charge >= 0.3 is 0 Å². The largest absolute Gasteiger partial charge is 0.459 e. The van der Waals surface area contributed by atoms with E-state index in [1.807, 2.05) is 0 Å². The number of hydrogen-bond acceptors (Lipinski definition) is 5. The van der Waals surface area contributed by atoms with Crippen molar-refractivity contribution in [1.82, 2.24) is 4.90 Å². The van der Waals surface area contributed by atoms with Crippen LogP contribution in [-0.4, -0.2) is 56.4 Å². The van der Waals surface area contributed by atoms with Crippen molar-refractivity contribution in [2.75, 3.05) is 39.4 Å². The first-order chi connectivity index (χ1) is 6.34. The van der Waals surface area contributed by atoms with Gasteiger partial charge in [0.15, 0.2) is 0 Å². The Morgan fingerprint density at radius 3 is 2.85 bits per heavy atom. The van der Waals surface area contributed by atoms with Gasteiger partial charge < -0.3 is 15.2 Å². The fraction of sp³-hybridized carbons (Fsp3) is 0.875. The number of morpholine rings is 1. The van der Waals surface area contributed by atoms with Crippen molar-refractivity contribution >= 4 is 6.02 Å². The molecule has 1 atom stereocenters. The lowest BCUT2D eigenvalue weighted by Gasteiger charge is -2.28. The van der Waals surface area contributed by atoms with Gasteiger partial charge in [-0.1, -0.05) is 0 Å².